The second-order valence-corrected chi connectivity index (χ2v) is 8.90. The standard InChI is InChI=1S/C30H34N4O5/c1-5-39-27-14-9-8-13-26(27)32-30(36)33(19-10-20-37-3)21(2)28-31-25-12-7-6-11-24(25)29(35)34(28)22-15-17-23(38-4)18-16-22/h6-9,11-18,21H,5,10,19-20H2,1-4H3,(H,32,36). The molecular weight excluding hydrogens is 496 g/mol. The Balaban J connectivity index is 1.80. The van der Waals surface area contributed by atoms with Gasteiger partial charge in [-0.05, 0) is 68.8 Å². The number of amides is 2. The maximum Gasteiger partial charge on any atom is 0.322 e. The largest absolute Gasteiger partial charge is 0.497 e. The van der Waals surface area contributed by atoms with Crippen LogP contribution in [0.4, 0.5) is 10.5 Å². The molecule has 2 amide bonds. The Morgan fingerprint density at radius 2 is 1.74 bits per heavy atom. The first-order valence-electron chi connectivity index (χ1n) is 12.9. The normalized spacial score (nSPS) is 11.7. The molecule has 204 valence electrons. The predicted molar refractivity (Wildman–Crippen MR) is 152 cm³/mol. The van der Waals surface area contributed by atoms with Gasteiger partial charge in [0.1, 0.15) is 17.3 Å². The lowest BCUT2D eigenvalue weighted by atomic mass is 10.1. The minimum atomic E-state index is -0.569. The van der Waals surface area contributed by atoms with E-state index in [0.717, 1.165) is 0 Å². The van der Waals surface area contributed by atoms with Gasteiger partial charge in [0.15, 0.2) is 0 Å². The van der Waals surface area contributed by atoms with Gasteiger partial charge in [-0.15, -0.1) is 0 Å². The van der Waals surface area contributed by atoms with Gasteiger partial charge < -0.3 is 24.4 Å². The fourth-order valence-electron chi connectivity index (χ4n) is 4.44. The molecule has 0 fully saturated rings. The number of urea groups is 1. The molecule has 0 spiro atoms. The molecule has 9 nitrogen and oxygen atoms in total. The Morgan fingerprint density at radius 3 is 2.46 bits per heavy atom. The molecule has 0 radical (unpaired) electrons. The molecule has 1 atom stereocenters. The summed E-state index contributed by atoms with van der Waals surface area (Å²) in [5, 5.41) is 3.48. The zero-order valence-electron chi connectivity index (χ0n) is 22.7. The van der Waals surface area contributed by atoms with Crippen LogP contribution < -0.4 is 20.3 Å². The van der Waals surface area contributed by atoms with Gasteiger partial charge in [-0.1, -0.05) is 24.3 Å². The van der Waals surface area contributed by atoms with E-state index in [-0.39, 0.29) is 11.6 Å². The number of para-hydroxylation sites is 3. The summed E-state index contributed by atoms with van der Waals surface area (Å²) in [7, 11) is 3.21. The van der Waals surface area contributed by atoms with Crippen molar-refractivity contribution in [3.63, 3.8) is 0 Å². The number of fused-ring (bicyclic) bond motifs is 1. The number of methoxy groups -OCH3 is 2. The van der Waals surface area contributed by atoms with Gasteiger partial charge in [-0.2, -0.15) is 0 Å². The highest BCUT2D eigenvalue weighted by Gasteiger charge is 2.27. The van der Waals surface area contributed by atoms with Gasteiger partial charge in [-0.25, -0.2) is 9.78 Å². The van der Waals surface area contributed by atoms with Crippen molar-refractivity contribution in [3.05, 3.63) is 89.0 Å². The van der Waals surface area contributed by atoms with Crippen molar-refractivity contribution in [2.75, 3.05) is 39.3 Å². The summed E-state index contributed by atoms with van der Waals surface area (Å²) in [6, 6.07) is 20.8. The first kappa shape index (κ1) is 27.7. The van der Waals surface area contributed by atoms with Crippen molar-refractivity contribution in [2.24, 2.45) is 0 Å². The van der Waals surface area contributed by atoms with Crippen LogP contribution in [0, 0.1) is 0 Å². The van der Waals surface area contributed by atoms with Crippen molar-refractivity contribution in [1.82, 2.24) is 14.5 Å². The zero-order valence-corrected chi connectivity index (χ0v) is 22.7. The monoisotopic (exact) mass is 530 g/mol. The van der Waals surface area contributed by atoms with E-state index in [9.17, 15) is 9.59 Å². The van der Waals surface area contributed by atoms with Crippen molar-refractivity contribution < 1.29 is 19.0 Å². The average molecular weight is 531 g/mol. The minimum absolute atomic E-state index is 0.216. The first-order valence-corrected chi connectivity index (χ1v) is 12.9. The fourth-order valence-corrected chi connectivity index (χ4v) is 4.44. The summed E-state index contributed by atoms with van der Waals surface area (Å²) >= 11 is 0. The lowest BCUT2D eigenvalue weighted by Gasteiger charge is -2.31. The molecule has 0 aliphatic heterocycles. The Hall–Kier alpha value is -4.37. The van der Waals surface area contributed by atoms with Crippen LogP contribution in [0.5, 0.6) is 11.5 Å². The highest BCUT2D eigenvalue weighted by Crippen LogP contribution is 2.28. The number of hydrogen-bond acceptors (Lipinski definition) is 6. The van der Waals surface area contributed by atoms with Crippen LogP contribution in [-0.4, -0.2) is 54.5 Å². The fraction of sp³-hybridized carbons (Fsp3) is 0.300. The van der Waals surface area contributed by atoms with E-state index in [2.05, 4.69) is 5.32 Å². The third-order valence-electron chi connectivity index (χ3n) is 6.41. The molecule has 0 bridgehead atoms. The molecule has 0 saturated carbocycles. The number of anilines is 1. The van der Waals surface area contributed by atoms with E-state index < -0.39 is 6.04 Å². The smallest absolute Gasteiger partial charge is 0.322 e. The molecule has 4 aromatic rings. The number of ether oxygens (including phenoxy) is 3. The summed E-state index contributed by atoms with van der Waals surface area (Å²) in [6.07, 6.45) is 0.599. The summed E-state index contributed by atoms with van der Waals surface area (Å²) in [5.41, 5.74) is 1.53. The number of carbonyl (C=O) groups excluding carboxylic acids is 1. The zero-order chi connectivity index (χ0) is 27.8. The van der Waals surface area contributed by atoms with E-state index in [1.807, 2.05) is 44.2 Å². The Labute approximate surface area is 227 Å². The number of rotatable bonds is 11. The van der Waals surface area contributed by atoms with Crippen molar-refractivity contribution >= 4 is 22.6 Å². The van der Waals surface area contributed by atoms with E-state index in [1.54, 1.807) is 66.2 Å². The van der Waals surface area contributed by atoms with Crippen molar-refractivity contribution in [3.8, 4) is 17.2 Å². The number of nitrogens with zero attached hydrogens (tertiary/aromatic N) is 3. The second-order valence-electron chi connectivity index (χ2n) is 8.90. The molecule has 4 rings (SSSR count). The molecular formula is C30H34N4O5. The van der Waals surface area contributed by atoms with E-state index >= 15 is 0 Å². The van der Waals surface area contributed by atoms with Gasteiger partial charge in [-0.3, -0.25) is 9.36 Å². The van der Waals surface area contributed by atoms with Gasteiger partial charge in [0.25, 0.3) is 5.56 Å². The lowest BCUT2D eigenvalue weighted by molar-refractivity contribution is 0.159. The number of carbonyl (C=O) groups is 1. The maximum atomic E-state index is 13.8. The SMILES string of the molecule is CCOc1ccccc1NC(=O)N(CCCOC)C(C)c1nc2ccccc2c(=O)n1-c1ccc(OC)cc1. The first-order chi connectivity index (χ1) is 19.0. The van der Waals surface area contributed by atoms with Crippen molar-refractivity contribution in [1.29, 1.82) is 0 Å². The maximum absolute atomic E-state index is 13.8. The van der Waals surface area contributed by atoms with Crippen LogP contribution in [0.1, 0.15) is 32.1 Å². The van der Waals surface area contributed by atoms with Gasteiger partial charge in [0.05, 0.1) is 42.0 Å². The number of benzene rings is 3. The summed E-state index contributed by atoms with van der Waals surface area (Å²) in [4.78, 5) is 34.1. The molecule has 1 aromatic heterocycles. The predicted octanol–water partition coefficient (Wildman–Crippen LogP) is 5.42. The van der Waals surface area contributed by atoms with Crippen LogP contribution in [0.15, 0.2) is 77.6 Å². The Kier molecular flexibility index (Phi) is 9.17. The Morgan fingerprint density at radius 1 is 1.03 bits per heavy atom. The van der Waals surface area contributed by atoms with E-state index in [1.165, 1.54) is 0 Å². The highest BCUT2D eigenvalue weighted by atomic mass is 16.5. The molecule has 0 saturated heterocycles. The van der Waals surface area contributed by atoms with E-state index in [0.29, 0.717) is 65.8 Å². The van der Waals surface area contributed by atoms with E-state index in [4.69, 9.17) is 19.2 Å². The van der Waals surface area contributed by atoms with Gasteiger partial charge >= 0.3 is 6.03 Å². The van der Waals surface area contributed by atoms with Crippen LogP contribution >= 0.6 is 0 Å². The number of aromatic nitrogens is 2. The van der Waals surface area contributed by atoms with Gasteiger partial charge in [0, 0.05) is 20.3 Å². The molecule has 3 aromatic carbocycles. The number of hydrogen-bond donors (Lipinski definition) is 1. The molecule has 0 aliphatic carbocycles. The van der Waals surface area contributed by atoms with Crippen LogP contribution in [0.25, 0.3) is 16.6 Å². The topological polar surface area (TPSA) is 94.9 Å². The lowest BCUT2D eigenvalue weighted by Crippen LogP contribution is -2.40. The van der Waals surface area contributed by atoms with Crippen LogP contribution in [0.3, 0.4) is 0 Å². The molecule has 0 aliphatic rings. The quantitative estimate of drug-likeness (QED) is 0.260. The Bertz CT molecular complexity index is 1470. The highest BCUT2D eigenvalue weighted by molar-refractivity contribution is 5.91. The van der Waals surface area contributed by atoms with Gasteiger partial charge in [0.2, 0.25) is 0 Å². The van der Waals surface area contributed by atoms with Crippen LogP contribution in [0.2, 0.25) is 0 Å². The summed E-state index contributed by atoms with van der Waals surface area (Å²) in [5.74, 6) is 1.69. The average Bonchev–Trinajstić information content (AvgIpc) is 2.96. The molecule has 1 unspecified atom stereocenters. The second kappa shape index (κ2) is 12.9. The third kappa shape index (κ3) is 6.21. The van der Waals surface area contributed by atoms with Crippen LogP contribution in [-0.2, 0) is 4.74 Å². The summed E-state index contributed by atoms with van der Waals surface area (Å²) < 4.78 is 17.8. The number of nitrogens with one attached hydrogen (secondary N) is 1. The third-order valence-corrected chi connectivity index (χ3v) is 6.41. The molecule has 9 heteroatoms. The minimum Gasteiger partial charge on any atom is -0.497 e. The molecule has 39 heavy (non-hydrogen) atoms. The summed E-state index contributed by atoms with van der Waals surface area (Å²) in [6.45, 7) is 5.08. The molecule has 1 N–H and O–H groups in total. The molecule has 1 heterocycles. The van der Waals surface area contributed by atoms with Crippen molar-refractivity contribution in [2.45, 2.75) is 26.3 Å².